The molecule has 2 heterocycles. The molecule has 1 aromatic heterocycles. The fraction of sp³-hybridized carbons (Fsp3) is 0.133. The fourth-order valence-corrected chi connectivity index (χ4v) is 2.49. The van der Waals surface area contributed by atoms with Crippen molar-refractivity contribution in [1.82, 2.24) is 9.55 Å². The van der Waals surface area contributed by atoms with Crippen LogP contribution in [0.25, 0.3) is 16.7 Å². The third-order valence-electron chi connectivity index (χ3n) is 3.37. The first-order valence-corrected chi connectivity index (χ1v) is 6.46. The molecule has 5 nitrogen and oxygen atoms in total. The number of aromatic nitrogens is 2. The van der Waals surface area contributed by atoms with Crippen molar-refractivity contribution in [3.8, 4) is 17.2 Å². The molecule has 0 unspecified atom stereocenters. The average molecular weight is 267 g/mol. The van der Waals surface area contributed by atoms with E-state index in [-0.39, 0.29) is 0 Å². The molecule has 2 N–H and O–H groups in total. The minimum absolute atomic E-state index is 0.461. The van der Waals surface area contributed by atoms with Crippen molar-refractivity contribution in [2.75, 3.05) is 18.9 Å². The number of imidazole rings is 1. The zero-order chi connectivity index (χ0) is 13.5. The second kappa shape index (κ2) is 4.16. The molecule has 20 heavy (non-hydrogen) atoms. The second-order valence-corrected chi connectivity index (χ2v) is 4.62. The summed E-state index contributed by atoms with van der Waals surface area (Å²) in [7, 11) is 0. The molecule has 0 fully saturated rings. The zero-order valence-corrected chi connectivity index (χ0v) is 10.7. The first kappa shape index (κ1) is 11.2. The van der Waals surface area contributed by atoms with Crippen LogP contribution < -0.4 is 15.2 Å². The number of hydrogen-bond acceptors (Lipinski definition) is 4. The summed E-state index contributed by atoms with van der Waals surface area (Å²) in [6.07, 6.45) is 0. The van der Waals surface area contributed by atoms with Crippen molar-refractivity contribution < 1.29 is 9.47 Å². The Morgan fingerprint density at radius 1 is 1.00 bits per heavy atom. The lowest BCUT2D eigenvalue weighted by molar-refractivity contribution is 0.171. The van der Waals surface area contributed by atoms with E-state index in [0.717, 1.165) is 28.2 Å². The molecule has 5 heteroatoms. The number of ether oxygens (including phenoxy) is 2. The first-order chi connectivity index (χ1) is 9.83. The lowest BCUT2D eigenvalue weighted by Gasteiger charge is -2.19. The Labute approximate surface area is 115 Å². The van der Waals surface area contributed by atoms with Gasteiger partial charge in [0.05, 0.1) is 16.7 Å². The summed E-state index contributed by atoms with van der Waals surface area (Å²) in [5.41, 5.74) is 8.81. The Hall–Kier alpha value is -2.69. The molecule has 4 rings (SSSR count). The third kappa shape index (κ3) is 1.60. The molecule has 3 aromatic rings. The van der Waals surface area contributed by atoms with Crippen LogP contribution >= 0.6 is 0 Å². The molecule has 1 aliphatic heterocycles. The van der Waals surface area contributed by atoms with Crippen molar-refractivity contribution in [3.05, 3.63) is 42.5 Å². The largest absolute Gasteiger partial charge is 0.486 e. The summed E-state index contributed by atoms with van der Waals surface area (Å²) < 4.78 is 13.1. The molecule has 2 aromatic carbocycles. The van der Waals surface area contributed by atoms with Crippen LogP contribution in [0, 0.1) is 0 Å². The Balaban J connectivity index is 1.93. The van der Waals surface area contributed by atoms with Crippen LogP contribution in [0.15, 0.2) is 42.5 Å². The van der Waals surface area contributed by atoms with Gasteiger partial charge in [-0.25, -0.2) is 4.98 Å². The van der Waals surface area contributed by atoms with E-state index in [1.54, 1.807) is 0 Å². The molecule has 1 aliphatic rings. The van der Waals surface area contributed by atoms with Crippen LogP contribution in [0.3, 0.4) is 0 Å². The number of hydrogen-bond donors (Lipinski definition) is 1. The van der Waals surface area contributed by atoms with Gasteiger partial charge < -0.3 is 15.2 Å². The monoisotopic (exact) mass is 267 g/mol. The predicted octanol–water partition coefficient (Wildman–Crippen LogP) is 2.38. The summed E-state index contributed by atoms with van der Waals surface area (Å²) in [4.78, 5) is 4.37. The van der Waals surface area contributed by atoms with Gasteiger partial charge >= 0.3 is 0 Å². The van der Waals surface area contributed by atoms with Crippen LogP contribution in [0.5, 0.6) is 11.5 Å². The Morgan fingerprint density at radius 3 is 2.70 bits per heavy atom. The van der Waals surface area contributed by atoms with Crippen LogP contribution in [0.2, 0.25) is 0 Å². The van der Waals surface area contributed by atoms with Gasteiger partial charge in [0, 0.05) is 6.07 Å². The maximum absolute atomic E-state index is 6.04. The molecule has 0 saturated carbocycles. The number of nitrogens with two attached hydrogens (primary N) is 1. The summed E-state index contributed by atoms with van der Waals surface area (Å²) >= 11 is 0. The van der Waals surface area contributed by atoms with Crippen molar-refractivity contribution in [1.29, 1.82) is 0 Å². The van der Waals surface area contributed by atoms with Crippen molar-refractivity contribution in [2.24, 2.45) is 0 Å². The van der Waals surface area contributed by atoms with Gasteiger partial charge in [-0.15, -0.1) is 0 Å². The van der Waals surface area contributed by atoms with Gasteiger partial charge in [-0.05, 0) is 24.3 Å². The van der Waals surface area contributed by atoms with E-state index in [1.165, 1.54) is 0 Å². The van der Waals surface area contributed by atoms with E-state index >= 15 is 0 Å². The van der Waals surface area contributed by atoms with Crippen LogP contribution in [-0.4, -0.2) is 22.8 Å². The maximum Gasteiger partial charge on any atom is 0.205 e. The minimum atomic E-state index is 0.461. The Kier molecular flexibility index (Phi) is 2.32. The van der Waals surface area contributed by atoms with Gasteiger partial charge in [0.15, 0.2) is 11.5 Å². The minimum Gasteiger partial charge on any atom is -0.486 e. The lowest BCUT2D eigenvalue weighted by Crippen LogP contribution is -2.15. The van der Waals surface area contributed by atoms with Crippen molar-refractivity contribution in [3.63, 3.8) is 0 Å². The molecule has 0 saturated heterocycles. The number of nitrogen functional groups attached to an aromatic ring is 1. The van der Waals surface area contributed by atoms with Gasteiger partial charge in [-0.2, -0.15) is 0 Å². The quantitative estimate of drug-likeness (QED) is 0.735. The first-order valence-electron chi connectivity index (χ1n) is 6.46. The number of para-hydroxylation sites is 2. The number of benzene rings is 2. The maximum atomic E-state index is 6.04. The van der Waals surface area contributed by atoms with Gasteiger partial charge in [0.2, 0.25) is 5.95 Å². The van der Waals surface area contributed by atoms with E-state index < -0.39 is 0 Å². The molecule has 0 bridgehead atoms. The Morgan fingerprint density at radius 2 is 1.80 bits per heavy atom. The molecule has 0 amide bonds. The highest BCUT2D eigenvalue weighted by Gasteiger charge is 2.15. The van der Waals surface area contributed by atoms with Gasteiger partial charge in [0.25, 0.3) is 0 Å². The highest BCUT2D eigenvalue weighted by atomic mass is 16.6. The van der Waals surface area contributed by atoms with Crippen molar-refractivity contribution >= 4 is 17.0 Å². The molecule has 100 valence electrons. The van der Waals surface area contributed by atoms with Gasteiger partial charge in [-0.1, -0.05) is 12.1 Å². The highest BCUT2D eigenvalue weighted by Crippen LogP contribution is 2.33. The number of rotatable bonds is 1. The summed E-state index contributed by atoms with van der Waals surface area (Å²) in [6.45, 7) is 1.15. The van der Waals surface area contributed by atoms with Gasteiger partial charge in [-0.3, -0.25) is 4.57 Å². The smallest absolute Gasteiger partial charge is 0.205 e. The third-order valence-corrected chi connectivity index (χ3v) is 3.37. The molecular weight excluding hydrogens is 254 g/mol. The Bertz CT molecular complexity index is 795. The van der Waals surface area contributed by atoms with E-state index in [0.29, 0.717) is 19.2 Å². The van der Waals surface area contributed by atoms with Crippen molar-refractivity contribution in [2.45, 2.75) is 0 Å². The summed E-state index contributed by atoms with van der Waals surface area (Å²) in [6, 6.07) is 13.6. The van der Waals surface area contributed by atoms with Crippen LogP contribution in [0.4, 0.5) is 5.95 Å². The lowest BCUT2D eigenvalue weighted by atomic mass is 10.2. The standard InChI is InChI=1S/C15H13N3O2/c16-15-17-11-3-1-2-4-12(11)18(15)10-5-6-13-14(9-10)20-8-7-19-13/h1-6,9H,7-8H2,(H2,16,17). The molecule has 0 aliphatic carbocycles. The predicted molar refractivity (Wildman–Crippen MR) is 76.5 cm³/mol. The van der Waals surface area contributed by atoms with E-state index in [4.69, 9.17) is 15.2 Å². The van der Waals surface area contributed by atoms with E-state index in [1.807, 2.05) is 47.0 Å². The van der Waals surface area contributed by atoms with Crippen LogP contribution in [0.1, 0.15) is 0 Å². The zero-order valence-electron chi connectivity index (χ0n) is 10.7. The number of nitrogens with zero attached hydrogens (tertiary/aromatic N) is 2. The normalized spacial score (nSPS) is 13.6. The molecular formula is C15H13N3O2. The van der Waals surface area contributed by atoms with Gasteiger partial charge in [0.1, 0.15) is 13.2 Å². The number of anilines is 1. The van der Waals surface area contributed by atoms with E-state index in [2.05, 4.69) is 4.98 Å². The topological polar surface area (TPSA) is 62.3 Å². The van der Waals surface area contributed by atoms with Crippen LogP contribution in [-0.2, 0) is 0 Å². The molecule has 0 atom stereocenters. The SMILES string of the molecule is Nc1nc2ccccc2n1-c1ccc2c(c1)OCCO2. The molecule has 0 spiro atoms. The summed E-state index contributed by atoms with van der Waals surface area (Å²) in [5, 5.41) is 0. The average Bonchev–Trinajstić information content (AvgIpc) is 2.82. The highest BCUT2D eigenvalue weighted by molar-refractivity contribution is 5.81. The number of fused-ring (bicyclic) bond motifs is 2. The fourth-order valence-electron chi connectivity index (χ4n) is 2.49. The second-order valence-electron chi connectivity index (χ2n) is 4.62. The summed E-state index contributed by atoms with van der Waals surface area (Å²) in [5.74, 6) is 1.97. The van der Waals surface area contributed by atoms with E-state index in [9.17, 15) is 0 Å². The molecule has 0 radical (unpaired) electrons.